The third-order valence-electron chi connectivity index (χ3n) is 2.46. The van der Waals surface area contributed by atoms with Gasteiger partial charge in [-0.05, 0) is 37.2 Å². The average molecular weight is 275 g/mol. The van der Waals surface area contributed by atoms with Crippen molar-refractivity contribution in [3.05, 3.63) is 29.8 Å². The molecule has 0 spiro atoms. The Morgan fingerprint density at radius 3 is 2.50 bits per heavy atom. The summed E-state index contributed by atoms with van der Waals surface area (Å²) in [6.45, 7) is 0. The quantitative estimate of drug-likeness (QED) is 0.585. The molecular weight excluding hydrogens is 263 g/mol. The van der Waals surface area contributed by atoms with E-state index in [2.05, 4.69) is 16.2 Å². The number of thiocarbonyl (C=S) groups is 1. The van der Waals surface area contributed by atoms with Gasteiger partial charge in [-0.1, -0.05) is 12.1 Å². The molecule has 1 saturated carbocycles. The van der Waals surface area contributed by atoms with Crippen LogP contribution in [0.3, 0.4) is 0 Å². The molecular formula is C11H12F3N3S. The van der Waals surface area contributed by atoms with Gasteiger partial charge in [0.1, 0.15) is 0 Å². The molecule has 1 aliphatic rings. The second kappa shape index (κ2) is 5.01. The number of alkyl halides is 3. The molecule has 0 atom stereocenters. The lowest BCUT2D eigenvalue weighted by atomic mass is 10.2. The van der Waals surface area contributed by atoms with E-state index in [-0.39, 0.29) is 5.69 Å². The second-order valence-corrected chi connectivity index (χ2v) is 4.45. The first-order valence-electron chi connectivity index (χ1n) is 5.45. The van der Waals surface area contributed by atoms with Gasteiger partial charge in [-0.3, -0.25) is 10.9 Å². The third-order valence-corrected chi connectivity index (χ3v) is 2.68. The summed E-state index contributed by atoms with van der Waals surface area (Å²) in [5, 5.41) is 3.26. The highest BCUT2D eigenvalue weighted by molar-refractivity contribution is 7.80. The van der Waals surface area contributed by atoms with Gasteiger partial charge in [0.25, 0.3) is 0 Å². The van der Waals surface area contributed by atoms with Crippen LogP contribution in [0, 0.1) is 0 Å². The largest absolute Gasteiger partial charge is 0.418 e. The van der Waals surface area contributed by atoms with E-state index in [4.69, 9.17) is 12.2 Å². The fourth-order valence-electron chi connectivity index (χ4n) is 1.41. The number of para-hydroxylation sites is 1. The van der Waals surface area contributed by atoms with Gasteiger partial charge in [0.05, 0.1) is 11.3 Å². The molecule has 1 fully saturated rings. The molecule has 18 heavy (non-hydrogen) atoms. The maximum absolute atomic E-state index is 12.7. The van der Waals surface area contributed by atoms with Gasteiger partial charge in [0.15, 0.2) is 5.11 Å². The summed E-state index contributed by atoms with van der Waals surface area (Å²) < 4.78 is 38.0. The van der Waals surface area contributed by atoms with Crippen molar-refractivity contribution in [1.82, 2.24) is 10.7 Å². The van der Waals surface area contributed by atoms with E-state index >= 15 is 0 Å². The van der Waals surface area contributed by atoms with Crippen molar-refractivity contribution in [3.8, 4) is 0 Å². The van der Waals surface area contributed by atoms with Gasteiger partial charge in [-0.15, -0.1) is 0 Å². The Kier molecular flexibility index (Phi) is 3.60. The van der Waals surface area contributed by atoms with E-state index in [0.29, 0.717) is 11.2 Å². The summed E-state index contributed by atoms with van der Waals surface area (Å²) >= 11 is 4.94. The van der Waals surface area contributed by atoms with Crippen molar-refractivity contribution in [3.63, 3.8) is 0 Å². The Hall–Kier alpha value is -1.50. The lowest BCUT2D eigenvalue weighted by molar-refractivity contribution is -0.137. The molecule has 0 aliphatic heterocycles. The molecule has 1 aromatic carbocycles. The number of halogens is 3. The van der Waals surface area contributed by atoms with Crippen LogP contribution in [0.5, 0.6) is 0 Å². The van der Waals surface area contributed by atoms with Crippen LogP contribution in [-0.4, -0.2) is 11.2 Å². The lowest BCUT2D eigenvalue weighted by Gasteiger charge is -2.16. The van der Waals surface area contributed by atoms with E-state index < -0.39 is 11.7 Å². The molecule has 0 heterocycles. The normalized spacial score (nSPS) is 15.1. The SMILES string of the molecule is FC(F)(F)c1ccccc1NNC(=S)NC1CC1. The number of hydrazine groups is 1. The summed E-state index contributed by atoms with van der Waals surface area (Å²) in [5.41, 5.74) is 4.25. The molecule has 1 aromatic rings. The molecule has 0 bridgehead atoms. The summed E-state index contributed by atoms with van der Waals surface area (Å²) in [5.74, 6) is 0. The first-order chi connectivity index (χ1) is 8.47. The van der Waals surface area contributed by atoms with Crippen LogP contribution in [-0.2, 0) is 6.18 Å². The minimum Gasteiger partial charge on any atom is -0.359 e. The number of anilines is 1. The molecule has 98 valence electrons. The van der Waals surface area contributed by atoms with Gasteiger partial charge < -0.3 is 5.32 Å². The van der Waals surface area contributed by atoms with Crippen molar-refractivity contribution in [2.24, 2.45) is 0 Å². The zero-order chi connectivity index (χ0) is 13.2. The van der Waals surface area contributed by atoms with E-state index in [1.54, 1.807) is 0 Å². The Balaban J connectivity index is 1.97. The molecule has 0 unspecified atom stereocenters. The third kappa shape index (κ3) is 3.49. The van der Waals surface area contributed by atoms with E-state index in [9.17, 15) is 13.2 Å². The first-order valence-corrected chi connectivity index (χ1v) is 5.86. The second-order valence-electron chi connectivity index (χ2n) is 4.04. The van der Waals surface area contributed by atoms with Crippen molar-refractivity contribution in [1.29, 1.82) is 0 Å². The fraction of sp³-hybridized carbons (Fsp3) is 0.364. The topological polar surface area (TPSA) is 36.1 Å². The maximum Gasteiger partial charge on any atom is 0.418 e. The van der Waals surface area contributed by atoms with E-state index in [1.165, 1.54) is 18.2 Å². The summed E-state index contributed by atoms with van der Waals surface area (Å²) in [4.78, 5) is 0. The van der Waals surface area contributed by atoms with Crippen LogP contribution in [0.15, 0.2) is 24.3 Å². The minimum atomic E-state index is -4.39. The van der Waals surface area contributed by atoms with Crippen LogP contribution in [0.25, 0.3) is 0 Å². The van der Waals surface area contributed by atoms with Crippen molar-refractivity contribution in [2.45, 2.75) is 25.1 Å². The van der Waals surface area contributed by atoms with Crippen LogP contribution in [0.2, 0.25) is 0 Å². The van der Waals surface area contributed by atoms with Gasteiger partial charge in [0.2, 0.25) is 0 Å². The molecule has 3 nitrogen and oxygen atoms in total. The number of nitrogens with one attached hydrogen (secondary N) is 3. The molecule has 0 radical (unpaired) electrons. The van der Waals surface area contributed by atoms with Gasteiger partial charge >= 0.3 is 6.18 Å². The molecule has 0 saturated heterocycles. The maximum atomic E-state index is 12.7. The van der Waals surface area contributed by atoms with Crippen LogP contribution in [0.4, 0.5) is 18.9 Å². The standard InChI is InChI=1S/C11H12F3N3S/c12-11(13,14)8-3-1-2-4-9(8)16-17-10(18)15-7-5-6-7/h1-4,7,16H,5-6H2,(H2,15,17,18). The fourth-order valence-corrected chi connectivity index (χ4v) is 1.63. The zero-order valence-corrected chi connectivity index (χ0v) is 10.2. The Labute approximate surface area is 108 Å². The Bertz CT molecular complexity index is 443. The minimum absolute atomic E-state index is 0.0510. The first kappa shape index (κ1) is 12.9. The van der Waals surface area contributed by atoms with Crippen molar-refractivity contribution in [2.75, 3.05) is 5.43 Å². The molecule has 1 aliphatic carbocycles. The van der Waals surface area contributed by atoms with Crippen LogP contribution < -0.4 is 16.2 Å². The average Bonchev–Trinajstić information content (AvgIpc) is 3.09. The van der Waals surface area contributed by atoms with Gasteiger partial charge in [-0.25, -0.2) is 0 Å². The van der Waals surface area contributed by atoms with Crippen LogP contribution >= 0.6 is 12.2 Å². The molecule has 0 aromatic heterocycles. The molecule has 7 heteroatoms. The summed E-state index contributed by atoms with van der Waals surface area (Å²) in [6.07, 6.45) is -2.31. The molecule has 3 N–H and O–H groups in total. The predicted molar refractivity (Wildman–Crippen MR) is 67.0 cm³/mol. The van der Waals surface area contributed by atoms with E-state index in [1.807, 2.05) is 0 Å². The number of benzene rings is 1. The lowest BCUT2D eigenvalue weighted by Crippen LogP contribution is -2.40. The smallest absolute Gasteiger partial charge is 0.359 e. The summed E-state index contributed by atoms with van der Waals surface area (Å²) in [7, 11) is 0. The highest BCUT2D eigenvalue weighted by atomic mass is 32.1. The Morgan fingerprint density at radius 2 is 1.89 bits per heavy atom. The number of rotatable bonds is 3. The number of hydrogen-bond donors (Lipinski definition) is 3. The number of hydrogen-bond acceptors (Lipinski definition) is 2. The van der Waals surface area contributed by atoms with Gasteiger partial charge in [0, 0.05) is 6.04 Å². The predicted octanol–water partition coefficient (Wildman–Crippen LogP) is 2.66. The van der Waals surface area contributed by atoms with Crippen molar-refractivity contribution < 1.29 is 13.2 Å². The van der Waals surface area contributed by atoms with Crippen molar-refractivity contribution >= 4 is 23.0 Å². The van der Waals surface area contributed by atoms with Gasteiger partial charge in [-0.2, -0.15) is 13.2 Å². The highest BCUT2D eigenvalue weighted by Crippen LogP contribution is 2.34. The van der Waals surface area contributed by atoms with E-state index in [0.717, 1.165) is 18.9 Å². The molecule has 0 amide bonds. The highest BCUT2D eigenvalue weighted by Gasteiger charge is 2.33. The van der Waals surface area contributed by atoms with Crippen LogP contribution in [0.1, 0.15) is 18.4 Å². The Morgan fingerprint density at radius 1 is 1.22 bits per heavy atom. The monoisotopic (exact) mass is 275 g/mol. The molecule has 2 rings (SSSR count). The summed E-state index contributed by atoms with van der Waals surface area (Å²) in [6, 6.07) is 5.58. The zero-order valence-electron chi connectivity index (χ0n) is 9.34.